The van der Waals surface area contributed by atoms with Gasteiger partial charge in [-0.3, -0.25) is 4.79 Å². The number of piperazine rings is 1. The summed E-state index contributed by atoms with van der Waals surface area (Å²) >= 11 is 4.87. The van der Waals surface area contributed by atoms with E-state index < -0.39 is 5.60 Å². The first-order valence-electron chi connectivity index (χ1n) is 8.90. The molecule has 0 saturated carbocycles. The van der Waals surface area contributed by atoms with Gasteiger partial charge in [0.1, 0.15) is 15.9 Å². The lowest BCUT2D eigenvalue weighted by Crippen LogP contribution is -2.59. The van der Waals surface area contributed by atoms with Gasteiger partial charge in [-0.25, -0.2) is 9.78 Å². The van der Waals surface area contributed by atoms with Crippen molar-refractivity contribution < 1.29 is 9.53 Å². The second-order valence-corrected chi connectivity index (χ2v) is 10.3. The molecule has 148 valence electrons. The van der Waals surface area contributed by atoms with Gasteiger partial charge in [0.2, 0.25) is 0 Å². The number of rotatable bonds is 1. The average molecular weight is 457 g/mol. The minimum atomic E-state index is -0.526. The van der Waals surface area contributed by atoms with Crippen LogP contribution in [0.25, 0.3) is 10.3 Å². The summed E-state index contributed by atoms with van der Waals surface area (Å²) in [5, 5.41) is 0. The molecular formula is C18H25BrN4O3S. The van der Waals surface area contributed by atoms with Crippen molar-refractivity contribution in [1.82, 2.24) is 14.5 Å². The number of carbonyl (C=O) groups excluding carboxylic acids is 1. The maximum absolute atomic E-state index is 12.5. The number of amides is 1. The zero-order valence-corrected chi connectivity index (χ0v) is 18.8. The van der Waals surface area contributed by atoms with Crippen LogP contribution in [0.5, 0.6) is 0 Å². The van der Waals surface area contributed by atoms with Gasteiger partial charge in [0.15, 0.2) is 3.92 Å². The first-order chi connectivity index (χ1) is 12.5. The zero-order chi connectivity index (χ0) is 20.1. The van der Waals surface area contributed by atoms with Gasteiger partial charge in [0.25, 0.3) is 5.56 Å². The molecule has 0 unspecified atom stereocenters. The van der Waals surface area contributed by atoms with E-state index in [-0.39, 0.29) is 23.7 Å². The molecule has 2 aromatic heterocycles. The molecule has 0 N–H and O–H groups in total. The summed E-state index contributed by atoms with van der Waals surface area (Å²) in [6.07, 6.45) is -0.299. The lowest BCUT2D eigenvalue weighted by molar-refractivity contribution is 0.0130. The zero-order valence-electron chi connectivity index (χ0n) is 16.4. The average Bonchev–Trinajstić information content (AvgIpc) is 2.93. The van der Waals surface area contributed by atoms with Crippen molar-refractivity contribution in [2.75, 3.05) is 18.0 Å². The Labute approximate surface area is 171 Å². The van der Waals surface area contributed by atoms with E-state index in [0.29, 0.717) is 13.1 Å². The van der Waals surface area contributed by atoms with Gasteiger partial charge >= 0.3 is 6.09 Å². The number of ether oxygens (including phenoxy) is 1. The van der Waals surface area contributed by atoms with E-state index in [1.807, 2.05) is 34.6 Å². The summed E-state index contributed by atoms with van der Waals surface area (Å²) < 4.78 is 7.90. The highest BCUT2D eigenvalue weighted by molar-refractivity contribution is 9.11. The van der Waals surface area contributed by atoms with Crippen LogP contribution in [-0.2, 0) is 11.8 Å². The van der Waals surface area contributed by atoms with Crippen molar-refractivity contribution in [3.8, 4) is 0 Å². The summed E-state index contributed by atoms with van der Waals surface area (Å²) in [5.41, 5.74) is 1.03. The molecule has 0 aromatic carbocycles. The van der Waals surface area contributed by atoms with Crippen molar-refractivity contribution in [3.63, 3.8) is 0 Å². The molecule has 2 atom stereocenters. The first kappa shape index (κ1) is 20.1. The molecule has 0 aliphatic carbocycles. The molecule has 3 heterocycles. The molecule has 1 aliphatic heterocycles. The smallest absolute Gasteiger partial charge is 0.410 e. The number of anilines is 1. The van der Waals surface area contributed by atoms with Crippen LogP contribution in [0.3, 0.4) is 0 Å². The maximum Gasteiger partial charge on any atom is 0.410 e. The molecular weight excluding hydrogens is 432 g/mol. The third-order valence-corrected chi connectivity index (χ3v) is 6.23. The number of pyridine rings is 1. The fraction of sp³-hybridized carbons (Fsp3) is 0.611. The van der Waals surface area contributed by atoms with Crippen LogP contribution in [0, 0.1) is 0 Å². The van der Waals surface area contributed by atoms with Crippen LogP contribution in [-0.4, -0.2) is 51.3 Å². The fourth-order valence-electron chi connectivity index (χ4n) is 3.32. The van der Waals surface area contributed by atoms with E-state index >= 15 is 0 Å². The number of hydrogen-bond donors (Lipinski definition) is 0. The minimum absolute atomic E-state index is 0.0319. The largest absolute Gasteiger partial charge is 0.444 e. The number of thiazole rings is 1. The minimum Gasteiger partial charge on any atom is -0.444 e. The Morgan fingerprint density at radius 1 is 1.30 bits per heavy atom. The van der Waals surface area contributed by atoms with Crippen molar-refractivity contribution in [2.45, 2.75) is 52.3 Å². The number of aryl methyl sites for hydroxylation is 1. The van der Waals surface area contributed by atoms with E-state index in [1.165, 1.54) is 11.3 Å². The van der Waals surface area contributed by atoms with Crippen LogP contribution in [0.4, 0.5) is 10.5 Å². The first-order valence-corrected chi connectivity index (χ1v) is 10.5. The molecule has 1 aliphatic rings. The van der Waals surface area contributed by atoms with Gasteiger partial charge in [-0.1, -0.05) is 11.3 Å². The highest BCUT2D eigenvalue weighted by Gasteiger charge is 2.35. The molecule has 9 heteroatoms. The molecule has 3 rings (SSSR count). The highest BCUT2D eigenvalue weighted by atomic mass is 79.9. The van der Waals surface area contributed by atoms with Crippen LogP contribution in [0.1, 0.15) is 34.6 Å². The lowest BCUT2D eigenvalue weighted by atomic mass is 10.1. The number of aromatic nitrogens is 2. The van der Waals surface area contributed by atoms with E-state index in [0.717, 1.165) is 20.0 Å². The number of fused-ring (bicyclic) bond motifs is 1. The number of carbonyl (C=O) groups is 1. The molecule has 0 bridgehead atoms. The molecule has 0 spiro atoms. The third kappa shape index (κ3) is 3.99. The summed E-state index contributed by atoms with van der Waals surface area (Å²) in [4.78, 5) is 34.3. The third-order valence-electron chi connectivity index (χ3n) is 4.64. The van der Waals surface area contributed by atoms with E-state index in [2.05, 4.69) is 25.8 Å². The molecule has 1 fully saturated rings. The van der Waals surface area contributed by atoms with Gasteiger partial charge < -0.3 is 19.1 Å². The summed E-state index contributed by atoms with van der Waals surface area (Å²) in [7, 11) is 1.76. The monoisotopic (exact) mass is 456 g/mol. The Kier molecular flexibility index (Phi) is 5.28. The highest BCUT2D eigenvalue weighted by Crippen LogP contribution is 2.33. The van der Waals surface area contributed by atoms with E-state index in [9.17, 15) is 9.59 Å². The Hall–Kier alpha value is -1.61. The van der Waals surface area contributed by atoms with Crippen LogP contribution >= 0.6 is 27.3 Å². The maximum atomic E-state index is 12.5. The summed E-state index contributed by atoms with van der Waals surface area (Å²) in [6, 6.07) is 1.63. The Balaban J connectivity index is 1.93. The number of hydrogen-bond acceptors (Lipinski definition) is 6. The summed E-state index contributed by atoms with van der Waals surface area (Å²) in [5.74, 6) is 0. The summed E-state index contributed by atoms with van der Waals surface area (Å²) in [6.45, 7) is 10.8. The lowest BCUT2D eigenvalue weighted by Gasteiger charge is -2.45. The van der Waals surface area contributed by atoms with Crippen LogP contribution in [0.2, 0.25) is 0 Å². The van der Waals surface area contributed by atoms with Crippen molar-refractivity contribution in [3.05, 3.63) is 20.3 Å². The predicted molar refractivity (Wildman–Crippen MR) is 112 cm³/mol. The topological polar surface area (TPSA) is 67.7 Å². The van der Waals surface area contributed by atoms with Crippen LogP contribution < -0.4 is 10.5 Å². The normalized spacial score (nSPS) is 21.0. The molecule has 1 amide bonds. The van der Waals surface area contributed by atoms with Gasteiger partial charge in [-0.2, -0.15) is 0 Å². The number of nitrogens with zero attached hydrogens (tertiary/aromatic N) is 4. The fourth-order valence-corrected chi connectivity index (χ4v) is 4.73. The van der Waals surface area contributed by atoms with Crippen molar-refractivity contribution >= 4 is 49.4 Å². The standard InChI is InChI=1S/C18H25BrN4O3S/c1-10-9-23(17(25)26-18(3,4)5)11(2)8-22(10)12-7-13(24)21(6)15-14(12)20-16(19)27-15/h7,10-11H,8-9H2,1-6H3/t10-,11+/m0/s1. The Bertz CT molecular complexity index is 933. The van der Waals surface area contributed by atoms with E-state index in [4.69, 9.17) is 4.74 Å². The van der Waals surface area contributed by atoms with Gasteiger partial charge in [0.05, 0.1) is 5.69 Å². The van der Waals surface area contributed by atoms with Crippen molar-refractivity contribution in [1.29, 1.82) is 0 Å². The molecule has 27 heavy (non-hydrogen) atoms. The van der Waals surface area contributed by atoms with Crippen LogP contribution in [0.15, 0.2) is 14.8 Å². The number of halogens is 1. The molecule has 2 aromatic rings. The van der Waals surface area contributed by atoms with Crippen molar-refractivity contribution in [2.24, 2.45) is 7.05 Å². The van der Waals surface area contributed by atoms with Gasteiger partial charge in [-0.05, 0) is 50.5 Å². The van der Waals surface area contributed by atoms with Gasteiger partial charge in [-0.15, -0.1) is 0 Å². The molecule has 1 saturated heterocycles. The Morgan fingerprint density at radius 2 is 1.96 bits per heavy atom. The van der Waals surface area contributed by atoms with E-state index in [1.54, 1.807) is 22.6 Å². The SMILES string of the molecule is C[C@@H]1CN(c2cc(=O)n(C)c3sc(Br)nc23)[C@@H](C)CN1C(=O)OC(C)(C)C. The quantitative estimate of drug-likeness (QED) is 0.655. The molecule has 7 nitrogen and oxygen atoms in total. The second kappa shape index (κ2) is 7.09. The van der Waals surface area contributed by atoms with Gasteiger partial charge in [0, 0.05) is 38.3 Å². The molecule has 0 radical (unpaired) electrons. The predicted octanol–water partition coefficient (Wildman–Crippen LogP) is 3.59. The Morgan fingerprint density at radius 3 is 2.59 bits per heavy atom. The second-order valence-electron chi connectivity index (χ2n) is 8.03.